The second-order valence-electron chi connectivity index (χ2n) is 2.43. The van der Waals surface area contributed by atoms with Crippen LogP contribution in [0.3, 0.4) is 0 Å². The van der Waals surface area contributed by atoms with Crippen molar-refractivity contribution < 1.29 is 9.90 Å². The molecule has 0 aromatic carbocycles. The second-order valence-corrected chi connectivity index (χ2v) is 3.34. The summed E-state index contributed by atoms with van der Waals surface area (Å²) in [6.45, 7) is 2.67. The van der Waals surface area contributed by atoms with Crippen molar-refractivity contribution in [2.45, 2.75) is 13.3 Å². The summed E-state index contributed by atoms with van der Waals surface area (Å²) >= 11 is 1.25. The van der Waals surface area contributed by atoms with Crippen molar-refractivity contribution in [3.8, 4) is 5.75 Å². The fourth-order valence-electron chi connectivity index (χ4n) is 0.771. The van der Waals surface area contributed by atoms with Crippen molar-refractivity contribution in [1.29, 1.82) is 0 Å². The topological polar surface area (TPSA) is 49.3 Å². The molecular weight excluding hydrogens is 174 g/mol. The second kappa shape index (κ2) is 4.11. The molecule has 4 heteroatoms. The van der Waals surface area contributed by atoms with Crippen molar-refractivity contribution >= 4 is 17.2 Å². The molecule has 3 nitrogen and oxygen atoms in total. The van der Waals surface area contributed by atoms with Crippen molar-refractivity contribution in [1.82, 2.24) is 5.32 Å². The van der Waals surface area contributed by atoms with E-state index in [9.17, 15) is 4.79 Å². The van der Waals surface area contributed by atoms with Gasteiger partial charge in [0.25, 0.3) is 5.91 Å². The van der Waals surface area contributed by atoms with Crippen LogP contribution in [0, 0.1) is 0 Å². The molecular formula is C8H11NO2S. The monoisotopic (exact) mass is 185 g/mol. The summed E-state index contributed by atoms with van der Waals surface area (Å²) in [5.74, 6) is 0.0452. The zero-order valence-electron chi connectivity index (χ0n) is 6.83. The molecule has 0 aliphatic rings. The van der Waals surface area contributed by atoms with E-state index in [4.69, 9.17) is 5.11 Å². The number of carbonyl (C=O) groups is 1. The van der Waals surface area contributed by atoms with Crippen LogP contribution in [0.2, 0.25) is 0 Å². The summed E-state index contributed by atoms with van der Waals surface area (Å²) < 4.78 is 0. The summed E-state index contributed by atoms with van der Waals surface area (Å²) in [6, 6.07) is 1.47. The molecule has 1 amide bonds. The zero-order valence-corrected chi connectivity index (χ0v) is 7.65. The molecule has 0 unspecified atom stereocenters. The molecule has 66 valence electrons. The Kier molecular flexibility index (Phi) is 3.10. The molecule has 2 N–H and O–H groups in total. The van der Waals surface area contributed by atoms with Gasteiger partial charge in [0.2, 0.25) is 0 Å². The Morgan fingerprint density at radius 3 is 3.00 bits per heavy atom. The maximum atomic E-state index is 11.2. The van der Waals surface area contributed by atoms with Gasteiger partial charge in [0, 0.05) is 18.0 Å². The number of aromatic hydroxyl groups is 1. The minimum atomic E-state index is -0.109. The summed E-state index contributed by atoms with van der Waals surface area (Å²) in [4.78, 5) is 11.8. The van der Waals surface area contributed by atoms with Gasteiger partial charge in [0.05, 0.1) is 4.88 Å². The Balaban J connectivity index is 2.53. The van der Waals surface area contributed by atoms with E-state index in [2.05, 4.69) is 5.32 Å². The lowest BCUT2D eigenvalue weighted by molar-refractivity contribution is 0.0957. The van der Waals surface area contributed by atoms with E-state index in [1.807, 2.05) is 6.92 Å². The van der Waals surface area contributed by atoms with Gasteiger partial charge in [-0.1, -0.05) is 6.92 Å². The summed E-state index contributed by atoms with van der Waals surface area (Å²) in [5, 5.41) is 13.2. The molecule has 0 bridgehead atoms. The predicted molar refractivity (Wildman–Crippen MR) is 48.6 cm³/mol. The summed E-state index contributed by atoms with van der Waals surface area (Å²) in [7, 11) is 0. The third-order valence-electron chi connectivity index (χ3n) is 1.34. The minimum Gasteiger partial charge on any atom is -0.507 e. The minimum absolute atomic E-state index is 0.109. The van der Waals surface area contributed by atoms with Gasteiger partial charge < -0.3 is 10.4 Å². The van der Waals surface area contributed by atoms with Gasteiger partial charge in [-0.15, -0.1) is 11.3 Å². The first-order valence-corrected chi connectivity index (χ1v) is 4.67. The lowest BCUT2D eigenvalue weighted by Gasteiger charge is -1.98. The number of nitrogens with one attached hydrogen (secondary N) is 1. The van der Waals surface area contributed by atoms with Gasteiger partial charge in [0.15, 0.2) is 0 Å². The van der Waals surface area contributed by atoms with Crippen LogP contribution in [-0.4, -0.2) is 17.6 Å². The molecule has 0 atom stereocenters. The van der Waals surface area contributed by atoms with Crippen LogP contribution >= 0.6 is 11.3 Å². The van der Waals surface area contributed by atoms with Crippen LogP contribution < -0.4 is 5.32 Å². The van der Waals surface area contributed by atoms with Crippen molar-refractivity contribution in [2.75, 3.05) is 6.54 Å². The third kappa shape index (κ3) is 2.23. The standard InChI is InChI=1S/C8H11NO2S/c1-2-3-9-8(11)7-4-6(10)5-12-7/h4-5,10H,2-3H2,1H3,(H,9,11). The van der Waals surface area contributed by atoms with Gasteiger partial charge in [0.1, 0.15) is 5.75 Å². The van der Waals surface area contributed by atoms with Crippen LogP contribution in [0.25, 0.3) is 0 Å². The first-order chi connectivity index (χ1) is 5.74. The molecule has 1 aromatic heterocycles. The van der Waals surface area contributed by atoms with Gasteiger partial charge in [-0.05, 0) is 6.42 Å². The van der Waals surface area contributed by atoms with Crippen molar-refractivity contribution in [2.24, 2.45) is 0 Å². The smallest absolute Gasteiger partial charge is 0.261 e. The molecule has 0 saturated heterocycles. The highest BCUT2D eigenvalue weighted by Gasteiger charge is 2.06. The van der Waals surface area contributed by atoms with E-state index in [1.54, 1.807) is 5.38 Å². The lowest BCUT2D eigenvalue weighted by Crippen LogP contribution is -2.22. The van der Waals surface area contributed by atoms with E-state index in [1.165, 1.54) is 17.4 Å². The highest BCUT2D eigenvalue weighted by molar-refractivity contribution is 7.12. The van der Waals surface area contributed by atoms with E-state index in [0.717, 1.165) is 6.42 Å². The molecule has 1 heterocycles. The van der Waals surface area contributed by atoms with E-state index >= 15 is 0 Å². The van der Waals surface area contributed by atoms with E-state index in [-0.39, 0.29) is 11.7 Å². The number of carbonyl (C=O) groups excluding carboxylic acids is 1. The largest absolute Gasteiger partial charge is 0.507 e. The number of hydrogen-bond acceptors (Lipinski definition) is 3. The fraction of sp³-hybridized carbons (Fsp3) is 0.375. The Bertz CT molecular complexity index is 270. The Hall–Kier alpha value is -1.03. The van der Waals surface area contributed by atoms with Crippen LogP contribution in [0.15, 0.2) is 11.4 Å². The number of hydrogen-bond donors (Lipinski definition) is 2. The number of amides is 1. The molecule has 0 aliphatic heterocycles. The number of rotatable bonds is 3. The maximum Gasteiger partial charge on any atom is 0.261 e. The Labute approximate surface area is 75.0 Å². The zero-order chi connectivity index (χ0) is 8.97. The first-order valence-electron chi connectivity index (χ1n) is 3.79. The SMILES string of the molecule is CCCNC(=O)c1cc(O)cs1. The Morgan fingerprint density at radius 1 is 1.75 bits per heavy atom. The molecule has 0 radical (unpaired) electrons. The third-order valence-corrected chi connectivity index (χ3v) is 2.26. The van der Waals surface area contributed by atoms with Crippen LogP contribution in [0.5, 0.6) is 5.75 Å². The normalized spacial score (nSPS) is 9.75. The molecule has 0 saturated carbocycles. The Morgan fingerprint density at radius 2 is 2.50 bits per heavy atom. The molecule has 0 aliphatic carbocycles. The van der Waals surface area contributed by atoms with Crippen LogP contribution in [-0.2, 0) is 0 Å². The van der Waals surface area contributed by atoms with Gasteiger partial charge in [-0.3, -0.25) is 4.79 Å². The molecule has 1 aromatic rings. The van der Waals surface area contributed by atoms with Crippen LogP contribution in [0.1, 0.15) is 23.0 Å². The summed E-state index contributed by atoms with van der Waals surface area (Å²) in [5.41, 5.74) is 0. The fourth-order valence-corrected chi connectivity index (χ4v) is 1.45. The molecule has 12 heavy (non-hydrogen) atoms. The van der Waals surface area contributed by atoms with Gasteiger partial charge in [-0.25, -0.2) is 0 Å². The maximum absolute atomic E-state index is 11.2. The van der Waals surface area contributed by atoms with Gasteiger partial charge in [-0.2, -0.15) is 0 Å². The predicted octanol–water partition coefficient (Wildman–Crippen LogP) is 1.59. The average Bonchev–Trinajstić information content (AvgIpc) is 2.47. The van der Waals surface area contributed by atoms with E-state index in [0.29, 0.717) is 11.4 Å². The molecule has 0 spiro atoms. The first kappa shape index (κ1) is 9.06. The quantitative estimate of drug-likeness (QED) is 0.751. The highest BCUT2D eigenvalue weighted by Crippen LogP contribution is 2.19. The molecule has 1 rings (SSSR count). The van der Waals surface area contributed by atoms with Crippen LogP contribution in [0.4, 0.5) is 0 Å². The average molecular weight is 185 g/mol. The van der Waals surface area contributed by atoms with Crippen molar-refractivity contribution in [3.63, 3.8) is 0 Å². The van der Waals surface area contributed by atoms with Crippen molar-refractivity contribution in [3.05, 3.63) is 16.3 Å². The van der Waals surface area contributed by atoms with Gasteiger partial charge >= 0.3 is 0 Å². The lowest BCUT2D eigenvalue weighted by atomic mass is 10.4. The van der Waals surface area contributed by atoms with E-state index < -0.39 is 0 Å². The molecule has 0 fully saturated rings. The number of thiophene rings is 1. The highest BCUT2D eigenvalue weighted by atomic mass is 32.1. The summed E-state index contributed by atoms with van der Waals surface area (Å²) in [6.07, 6.45) is 0.920.